The van der Waals surface area contributed by atoms with Crippen LogP contribution in [-0.2, 0) is 31.1 Å². The second-order valence-corrected chi connectivity index (χ2v) is 14.2. The maximum atomic E-state index is 15.1. The maximum Gasteiger partial charge on any atom is 0.260 e. The van der Waals surface area contributed by atoms with Crippen molar-refractivity contribution < 1.29 is 28.7 Å². The number of hydrogen-bond donors (Lipinski definition) is 2. The first-order valence-corrected chi connectivity index (χ1v) is 17.1. The molecule has 252 valence electrons. The van der Waals surface area contributed by atoms with Crippen molar-refractivity contribution in [1.29, 1.82) is 0 Å². The maximum absolute atomic E-state index is 15.1. The average molecular weight is 711 g/mol. The Kier molecular flexibility index (Phi) is 7.80. The smallest absolute Gasteiger partial charge is 0.260 e. The summed E-state index contributed by atoms with van der Waals surface area (Å²) in [7, 11) is 0. The molecule has 0 radical (unpaired) electrons. The highest BCUT2D eigenvalue weighted by Crippen LogP contribution is 2.65. The summed E-state index contributed by atoms with van der Waals surface area (Å²) in [6.45, 7) is 0.122. The summed E-state index contributed by atoms with van der Waals surface area (Å²) in [4.78, 5) is 59.3. The van der Waals surface area contributed by atoms with Crippen LogP contribution in [0.25, 0.3) is 0 Å². The highest BCUT2D eigenvalue weighted by atomic mass is 35.5. The van der Waals surface area contributed by atoms with E-state index in [1.54, 1.807) is 30.3 Å². The Hall–Kier alpha value is -4.99. The minimum absolute atomic E-state index is 0.0812. The molecule has 11 heteroatoms. The number of carbonyl (C=O) groups excluding carboxylic acids is 4. The fraction of sp³-hybridized carbons (Fsp3) is 0.231. The number of phenols is 1. The van der Waals surface area contributed by atoms with Crippen LogP contribution in [0.1, 0.15) is 35.4 Å². The summed E-state index contributed by atoms with van der Waals surface area (Å²) in [6.07, 6.45) is 2.23. The topological polar surface area (TPSA) is 107 Å². The van der Waals surface area contributed by atoms with Gasteiger partial charge >= 0.3 is 0 Å². The number of halogens is 3. The van der Waals surface area contributed by atoms with Gasteiger partial charge in [0.15, 0.2) is 0 Å². The van der Waals surface area contributed by atoms with Crippen LogP contribution in [0, 0.1) is 29.5 Å². The van der Waals surface area contributed by atoms with E-state index >= 15 is 4.79 Å². The third kappa shape index (κ3) is 4.86. The fourth-order valence-electron chi connectivity index (χ4n) is 8.74. The summed E-state index contributed by atoms with van der Waals surface area (Å²) in [5.41, 5.74) is 3.89. The number of likely N-dealkylation sites (tertiary alicyclic amines) is 1. The molecule has 6 atom stereocenters. The number of anilines is 1. The Balaban J connectivity index is 1.31. The van der Waals surface area contributed by atoms with Crippen LogP contribution in [0.3, 0.4) is 0 Å². The minimum atomic E-state index is -1.62. The lowest BCUT2D eigenvalue weighted by atomic mass is 9.49. The summed E-state index contributed by atoms with van der Waals surface area (Å²) >= 11 is 12.9. The normalized spacial score (nSPS) is 27.2. The number of allylic oxidation sites excluding steroid dienone is 2. The summed E-state index contributed by atoms with van der Waals surface area (Å²) in [5, 5.41) is 13.2. The zero-order valence-electron chi connectivity index (χ0n) is 26.4. The molecule has 2 N–H and O–H groups in total. The number of carbonyl (C=O) groups is 4. The summed E-state index contributed by atoms with van der Waals surface area (Å²) in [6, 6.07) is 25.8. The van der Waals surface area contributed by atoms with Gasteiger partial charge in [0.05, 0.1) is 35.4 Å². The van der Waals surface area contributed by atoms with E-state index in [1.807, 2.05) is 36.4 Å². The van der Waals surface area contributed by atoms with E-state index in [-0.39, 0.29) is 37.0 Å². The predicted molar refractivity (Wildman–Crippen MR) is 184 cm³/mol. The van der Waals surface area contributed by atoms with Crippen LogP contribution >= 0.6 is 23.2 Å². The van der Waals surface area contributed by atoms with Crippen molar-refractivity contribution in [2.75, 3.05) is 5.43 Å². The van der Waals surface area contributed by atoms with Crippen molar-refractivity contribution >= 4 is 52.5 Å². The quantitative estimate of drug-likeness (QED) is 0.165. The Labute approximate surface area is 297 Å². The van der Waals surface area contributed by atoms with Gasteiger partial charge in [0.25, 0.3) is 11.8 Å². The van der Waals surface area contributed by atoms with Crippen molar-refractivity contribution in [3.05, 3.63) is 141 Å². The predicted octanol–water partition coefficient (Wildman–Crippen LogP) is 7.02. The number of imide groups is 2. The molecule has 2 saturated heterocycles. The molecule has 50 heavy (non-hydrogen) atoms. The summed E-state index contributed by atoms with van der Waals surface area (Å²) < 4.78 is 13.8. The largest absolute Gasteiger partial charge is 0.508 e. The van der Waals surface area contributed by atoms with E-state index in [2.05, 4.69) is 5.43 Å². The second kappa shape index (κ2) is 12.1. The molecule has 4 aromatic carbocycles. The van der Waals surface area contributed by atoms with E-state index in [0.29, 0.717) is 32.4 Å². The number of hydrazine groups is 1. The molecule has 8 nitrogen and oxygen atoms in total. The number of benzene rings is 4. The first-order valence-electron chi connectivity index (χ1n) is 16.3. The fourth-order valence-corrected chi connectivity index (χ4v) is 9.05. The molecule has 8 rings (SSSR count). The Morgan fingerprint density at radius 2 is 1.52 bits per heavy atom. The molecule has 0 aromatic heterocycles. The van der Waals surface area contributed by atoms with Gasteiger partial charge in [0.2, 0.25) is 11.8 Å². The second-order valence-electron chi connectivity index (χ2n) is 13.3. The van der Waals surface area contributed by atoms with Crippen LogP contribution in [-0.4, -0.2) is 38.6 Å². The number of phenolic OH excluding ortho intramolecular Hbond substituents is 1. The molecule has 4 aromatic rings. The number of hydrogen-bond acceptors (Lipinski definition) is 6. The number of rotatable bonds is 6. The number of fused-ring (bicyclic) bond motifs is 4. The van der Waals surface area contributed by atoms with Crippen molar-refractivity contribution in [2.45, 2.75) is 30.7 Å². The Bertz CT molecular complexity index is 2090. The highest BCUT2D eigenvalue weighted by molar-refractivity contribution is 6.31. The van der Waals surface area contributed by atoms with Crippen molar-refractivity contribution in [3.63, 3.8) is 0 Å². The van der Waals surface area contributed by atoms with Gasteiger partial charge in [-0.05, 0) is 84.5 Å². The van der Waals surface area contributed by atoms with Gasteiger partial charge in [0, 0.05) is 21.5 Å². The standard InChI is InChI=1S/C39H30Cl2FN3O5/c40-23-8-6-22(7-9-23)39-31(36(48)45(38(39)50)43-26-13-11-25(42)12-14-26)19-29-27(34(39)30-18-24(41)10-17-32(30)46)15-16-28-33(29)37(49)44(35(28)47)20-21-4-2-1-3-5-21/h1-15,17-18,28-29,31,33-34,43,46H,16,19-20H2/t28-,29+,31-,33-,34+,39+/m0/s1. The van der Waals surface area contributed by atoms with Crippen LogP contribution in [0.2, 0.25) is 10.0 Å². The zero-order chi connectivity index (χ0) is 34.9. The van der Waals surface area contributed by atoms with Gasteiger partial charge in [-0.15, -0.1) is 0 Å². The van der Waals surface area contributed by atoms with E-state index < -0.39 is 52.6 Å². The Morgan fingerprint density at radius 1 is 0.820 bits per heavy atom. The number of aromatic hydroxyl groups is 1. The van der Waals surface area contributed by atoms with E-state index in [1.165, 1.54) is 41.3 Å². The van der Waals surface area contributed by atoms with Gasteiger partial charge in [0.1, 0.15) is 11.6 Å². The molecular weight excluding hydrogens is 680 g/mol. The van der Waals surface area contributed by atoms with Crippen LogP contribution in [0.5, 0.6) is 5.75 Å². The molecule has 0 spiro atoms. The molecule has 0 bridgehead atoms. The van der Waals surface area contributed by atoms with Gasteiger partial charge in [-0.2, -0.15) is 5.01 Å². The average Bonchev–Trinajstić information content (AvgIpc) is 3.48. The van der Waals surface area contributed by atoms with Gasteiger partial charge in [-0.25, -0.2) is 4.39 Å². The molecule has 1 saturated carbocycles. The van der Waals surface area contributed by atoms with Crippen LogP contribution in [0.4, 0.5) is 10.1 Å². The number of nitrogens with zero attached hydrogens (tertiary/aromatic N) is 2. The lowest BCUT2D eigenvalue weighted by Crippen LogP contribution is -2.53. The van der Waals surface area contributed by atoms with Gasteiger partial charge < -0.3 is 5.11 Å². The SMILES string of the molecule is O=C1[C@H]2[C@H](CC=C3[C@H]2C[C@H]2C(=O)N(Nc4ccc(F)cc4)C(=O)[C@@]2(c2ccc(Cl)cc2)[C@H]3c2cc(Cl)ccc2O)C(=O)N1Cc1ccccc1. The van der Waals surface area contributed by atoms with Gasteiger partial charge in [-0.3, -0.25) is 29.5 Å². The van der Waals surface area contributed by atoms with E-state index in [0.717, 1.165) is 10.6 Å². The minimum Gasteiger partial charge on any atom is -0.508 e. The van der Waals surface area contributed by atoms with Gasteiger partial charge in [-0.1, -0.05) is 77.3 Å². The molecule has 4 aliphatic rings. The monoisotopic (exact) mass is 709 g/mol. The summed E-state index contributed by atoms with van der Waals surface area (Å²) in [5.74, 6) is -6.41. The van der Waals surface area contributed by atoms with Crippen molar-refractivity contribution in [2.24, 2.45) is 23.7 Å². The third-order valence-corrected chi connectivity index (χ3v) is 11.3. The highest BCUT2D eigenvalue weighted by Gasteiger charge is 2.70. The number of nitrogens with one attached hydrogen (secondary N) is 1. The van der Waals surface area contributed by atoms with Crippen LogP contribution < -0.4 is 5.43 Å². The number of amides is 4. The molecular formula is C39H30Cl2FN3O5. The molecule has 3 fully saturated rings. The molecule has 4 amide bonds. The first kappa shape index (κ1) is 32.2. The van der Waals surface area contributed by atoms with E-state index in [9.17, 15) is 23.9 Å². The first-order chi connectivity index (χ1) is 24.1. The lowest BCUT2D eigenvalue weighted by Gasteiger charge is -2.50. The van der Waals surface area contributed by atoms with Crippen molar-refractivity contribution in [3.8, 4) is 5.75 Å². The lowest BCUT2D eigenvalue weighted by molar-refractivity contribution is -0.142. The van der Waals surface area contributed by atoms with E-state index in [4.69, 9.17) is 23.2 Å². The van der Waals surface area contributed by atoms with Crippen LogP contribution in [0.15, 0.2) is 109 Å². The zero-order valence-corrected chi connectivity index (χ0v) is 27.9. The molecule has 2 heterocycles. The Morgan fingerprint density at radius 3 is 2.24 bits per heavy atom. The molecule has 2 aliphatic carbocycles. The van der Waals surface area contributed by atoms with Crippen molar-refractivity contribution in [1.82, 2.24) is 9.91 Å². The molecule has 0 unspecified atom stereocenters. The molecule has 2 aliphatic heterocycles. The third-order valence-electron chi connectivity index (χ3n) is 10.8.